The van der Waals surface area contributed by atoms with Gasteiger partial charge in [-0.25, -0.2) is 17.4 Å². The number of aromatic nitrogens is 3. The maximum absolute atomic E-state index is 13.3. The van der Waals surface area contributed by atoms with E-state index in [1.54, 1.807) is 0 Å². The summed E-state index contributed by atoms with van der Waals surface area (Å²) in [6, 6.07) is 2.18. The first-order chi connectivity index (χ1) is 12.5. The number of nitrogens with two attached hydrogens (primary N) is 1. The Bertz CT molecular complexity index is 1210. The second kappa shape index (κ2) is 5.36. The van der Waals surface area contributed by atoms with E-state index in [0.29, 0.717) is 0 Å². The molecule has 0 radical (unpaired) electrons. The number of hydrogen-bond acceptors (Lipinski definition) is 8. The monoisotopic (exact) mass is 416 g/mol. The molecule has 142 valence electrons. The summed E-state index contributed by atoms with van der Waals surface area (Å²) in [5.41, 5.74) is 5.69. The van der Waals surface area contributed by atoms with Crippen LogP contribution in [0.2, 0.25) is 0 Å². The van der Waals surface area contributed by atoms with Gasteiger partial charge in [-0.1, -0.05) is 17.4 Å². The zero-order chi connectivity index (χ0) is 19.7. The molecule has 0 atom stereocenters. The van der Waals surface area contributed by atoms with Crippen LogP contribution in [0.3, 0.4) is 0 Å². The number of halogens is 2. The molecule has 4 rings (SSSR count). The Hall–Kier alpha value is -2.80. The number of nitrogens with zero attached hydrogens (tertiary/aromatic N) is 3. The summed E-state index contributed by atoms with van der Waals surface area (Å²) in [6.45, 7) is 2.86. The Morgan fingerprint density at radius 2 is 1.89 bits per heavy atom. The van der Waals surface area contributed by atoms with Crippen LogP contribution in [0.1, 0.15) is 17.3 Å². The molecule has 1 aromatic carbocycles. The fraction of sp³-hybridized carbons (Fsp3) is 0.214. The summed E-state index contributed by atoms with van der Waals surface area (Å²) in [4.78, 5) is 3.54. The van der Waals surface area contributed by atoms with Crippen molar-refractivity contribution in [2.75, 3.05) is 0 Å². The van der Waals surface area contributed by atoms with Gasteiger partial charge in [0.25, 0.3) is 10.0 Å². The quantitative estimate of drug-likeness (QED) is 0.637. The van der Waals surface area contributed by atoms with Crippen LogP contribution >= 0.6 is 12.2 Å². The first-order valence-electron chi connectivity index (χ1n) is 7.32. The van der Waals surface area contributed by atoms with Gasteiger partial charge in [-0.3, -0.25) is 0 Å². The minimum Gasteiger partial charge on any atom is -0.395 e. The molecule has 1 aliphatic heterocycles. The fourth-order valence-electron chi connectivity index (χ4n) is 2.83. The number of ether oxygens (including phenoxy) is 2. The van der Waals surface area contributed by atoms with Gasteiger partial charge < -0.3 is 19.7 Å². The van der Waals surface area contributed by atoms with Crippen LogP contribution in [0, 0.1) is 13.8 Å². The predicted octanol–water partition coefficient (Wildman–Crippen LogP) is 1.83. The van der Waals surface area contributed by atoms with Crippen LogP contribution in [0.15, 0.2) is 21.6 Å². The first kappa shape index (κ1) is 17.6. The van der Waals surface area contributed by atoms with Gasteiger partial charge in [0.1, 0.15) is 10.7 Å². The van der Waals surface area contributed by atoms with Crippen LogP contribution in [-0.4, -0.2) is 33.8 Å². The molecule has 0 amide bonds. The van der Waals surface area contributed by atoms with E-state index in [2.05, 4.69) is 19.6 Å². The van der Waals surface area contributed by atoms with Crippen LogP contribution in [0.4, 0.5) is 8.78 Å². The van der Waals surface area contributed by atoms with Crippen molar-refractivity contribution in [3.8, 4) is 11.5 Å². The molecule has 0 bridgehead atoms. The SMILES string of the molecule is Cc1noc(C)c1S(=O)(=O)n1c(C(N)=S)nc2cc3c(cc21)OC(F)(F)O3. The normalized spacial score (nSPS) is 15.4. The molecule has 3 heterocycles. The maximum atomic E-state index is 13.3. The lowest BCUT2D eigenvalue weighted by atomic mass is 10.3. The highest BCUT2D eigenvalue weighted by molar-refractivity contribution is 7.90. The highest BCUT2D eigenvalue weighted by Gasteiger charge is 2.44. The van der Waals surface area contributed by atoms with Gasteiger partial charge in [0.2, 0.25) is 0 Å². The van der Waals surface area contributed by atoms with Crippen LogP contribution in [0.25, 0.3) is 11.0 Å². The number of hydrogen-bond donors (Lipinski definition) is 1. The summed E-state index contributed by atoms with van der Waals surface area (Å²) >= 11 is 4.91. The Kier molecular flexibility index (Phi) is 3.49. The summed E-state index contributed by atoms with van der Waals surface area (Å²) in [5.74, 6) is -0.857. The lowest BCUT2D eigenvalue weighted by Gasteiger charge is -2.09. The summed E-state index contributed by atoms with van der Waals surface area (Å²) in [6.07, 6.45) is -3.86. The highest BCUT2D eigenvalue weighted by Crippen LogP contribution is 2.43. The number of imidazole rings is 1. The topological polar surface area (TPSA) is 122 Å². The third-order valence-electron chi connectivity index (χ3n) is 3.82. The molecular formula is C14H10F2N4O5S2. The fourth-order valence-corrected chi connectivity index (χ4v) is 4.79. The molecule has 9 nitrogen and oxygen atoms in total. The molecular weight excluding hydrogens is 406 g/mol. The van der Waals surface area contributed by atoms with E-state index in [4.69, 9.17) is 22.5 Å². The van der Waals surface area contributed by atoms with Crippen molar-refractivity contribution in [3.05, 3.63) is 29.4 Å². The summed E-state index contributed by atoms with van der Waals surface area (Å²) in [5, 5.41) is 3.63. The van der Waals surface area contributed by atoms with E-state index < -0.39 is 16.3 Å². The Morgan fingerprint density at radius 1 is 1.26 bits per heavy atom. The van der Waals surface area contributed by atoms with Gasteiger partial charge in [-0.2, -0.15) is 0 Å². The molecule has 27 heavy (non-hydrogen) atoms. The van der Waals surface area contributed by atoms with Gasteiger partial charge >= 0.3 is 6.29 Å². The van der Waals surface area contributed by atoms with E-state index in [0.717, 1.165) is 16.1 Å². The molecule has 0 spiro atoms. The number of aryl methyl sites for hydroxylation is 2. The lowest BCUT2D eigenvalue weighted by Crippen LogP contribution is -2.26. The van der Waals surface area contributed by atoms with Crippen molar-refractivity contribution in [3.63, 3.8) is 0 Å². The zero-order valence-corrected chi connectivity index (χ0v) is 15.3. The minimum atomic E-state index is -4.32. The van der Waals surface area contributed by atoms with E-state index in [9.17, 15) is 17.2 Å². The molecule has 1 aliphatic rings. The molecule has 2 aromatic heterocycles. The number of benzene rings is 1. The van der Waals surface area contributed by atoms with Crippen molar-refractivity contribution in [1.82, 2.24) is 14.1 Å². The molecule has 13 heteroatoms. The molecule has 0 fully saturated rings. The zero-order valence-electron chi connectivity index (χ0n) is 13.7. The lowest BCUT2D eigenvalue weighted by molar-refractivity contribution is -0.286. The van der Waals surface area contributed by atoms with Gasteiger partial charge in [0.15, 0.2) is 28.0 Å². The third kappa shape index (κ3) is 2.53. The third-order valence-corrected chi connectivity index (χ3v) is 5.95. The van der Waals surface area contributed by atoms with Crippen LogP contribution in [-0.2, 0) is 10.0 Å². The van der Waals surface area contributed by atoms with E-state index in [-0.39, 0.29) is 49.7 Å². The van der Waals surface area contributed by atoms with E-state index >= 15 is 0 Å². The number of rotatable bonds is 3. The van der Waals surface area contributed by atoms with E-state index in [1.807, 2.05) is 0 Å². The average Bonchev–Trinajstić information content (AvgIpc) is 3.16. The average molecular weight is 416 g/mol. The standard InChI is InChI=1S/C14H10F2N4O5S2/c1-5-11(6(2)25-19-5)27(21,22)20-8-4-10-9(23-14(15,16)24-10)3-7(8)18-13(20)12(17)26/h3-4H,1-2H3,(H2,17,26). The molecule has 2 N–H and O–H groups in total. The van der Waals surface area contributed by atoms with Crippen molar-refractivity contribution >= 4 is 38.3 Å². The van der Waals surface area contributed by atoms with Crippen LogP contribution < -0.4 is 15.2 Å². The van der Waals surface area contributed by atoms with E-state index in [1.165, 1.54) is 13.8 Å². The first-order valence-corrected chi connectivity index (χ1v) is 9.17. The van der Waals surface area contributed by atoms with Crippen LogP contribution in [0.5, 0.6) is 11.5 Å². The van der Waals surface area contributed by atoms with Crippen molar-refractivity contribution in [2.45, 2.75) is 25.0 Å². The van der Waals surface area contributed by atoms with Crippen molar-refractivity contribution < 1.29 is 31.2 Å². The van der Waals surface area contributed by atoms with Gasteiger partial charge in [0, 0.05) is 12.1 Å². The van der Waals surface area contributed by atoms with Crippen molar-refractivity contribution in [1.29, 1.82) is 0 Å². The Labute approximate surface area is 155 Å². The minimum absolute atomic E-state index is 0.0215. The number of thiocarbonyl (C=S) groups is 1. The smallest absolute Gasteiger partial charge is 0.395 e. The Balaban J connectivity index is 2.05. The molecule has 0 saturated heterocycles. The number of alkyl halides is 2. The highest BCUT2D eigenvalue weighted by atomic mass is 32.2. The van der Waals surface area contributed by atoms with Gasteiger partial charge in [-0.05, 0) is 13.8 Å². The number of fused-ring (bicyclic) bond motifs is 2. The molecule has 0 unspecified atom stereocenters. The second-order valence-electron chi connectivity index (χ2n) is 5.68. The maximum Gasteiger partial charge on any atom is 0.586 e. The van der Waals surface area contributed by atoms with Gasteiger partial charge in [-0.15, -0.1) is 8.78 Å². The molecule has 0 saturated carbocycles. The second-order valence-corrected chi connectivity index (χ2v) is 7.84. The molecule has 3 aromatic rings. The summed E-state index contributed by atoms with van der Waals surface area (Å²) in [7, 11) is -4.32. The molecule has 0 aliphatic carbocycles. The van der Waals surface area contributed by atoms with Crippen molar-refractivity contribution in [2.24, 2.45) is 5.73 Å². The largest absolute Gasteiger partial charge is 0.586 e. The predicted molar refractivity (Wildman–Crippen MR) is 90.4 cm³/mol. The Morgan fingerprint density at radius 3 is 2.44 bits per heavy atom. The van der Waals surface area contributed by atoms with Gasteiger partial charge in [0.05, 0.1) is 11.0 Å². The summed E-state index contributed by atoms with van der Waals surface area (Å²) < 4.78 is 67.6.